The van der Waals surface area contributed by atoms with Gasteiger partial charge in [0.2, 0.25) is 5.91 Å². The fraction of sp³-hybridized carbons (Fsp3) is 0.333. The average Bonchev–Trinajstić information content (AvgIpc) is 2.49. The lowest BCUT2D eigenvalue weighted by atomic mass is 10.5. The molecule has 6 nitrogen and oxygen atoms in total. The molecule has 0 bridgehead atoms. The molecule has 0 aliphatic rings. The third-order valence-corrected chi connectivity index (χ3v) is 1.05. The molecule has 3 N–H and O–H groups in total. The minimum Gasteiger partial charge on any atom is -0.447 e. The van der Waals surface area contributed by atoms with Crippen LogP contribution in [0.5, 0.6) is 0 Å². The molecule has 0 radical (unpaired) electrons. The maximum Gasteiger partial charge on any atom is 0.245 e. The van der Waals surface area contributed by atoms with Gasteiger partial charge in [-0.1, -0.05) is 0 Å². The first kappa shape index (κ1) is 8.69. The molecule has 1 heterocycles. The highest BCUT2D eigenvalue weighted by atomic mass is 16.6. The third kappa shape index (κ3) is 3.13. The summed E-state index contributed by atoms with van der Waals surface area (Å²) < 4.78 is 4.87. The molecule has 1 aromatic heterocycles. The van der Waals surface area contributed by atoms with Crippen molar-refractivity contribution in [1.82, 2.24) is 10.5 Å². The highest BCUT2D eigenvalue weighted by molar-refractivity contribution is 5.74. The number of primary amides is 1. The molecular weight excluding hydrogens is 162 g/mol. The first-order valence-electron chi connectivity index (χ1n) is 3.29. The van der Waals surface area contributed by atoms with Gasteiger partial charge in [0.15, 0.2) is 6.39 Å². The number of nitrogens with zero attached hydrogens (tertiary/aromatic N) is 1. The summed E-state index contributed by atoms with van der Waals surface area (Å²) in [6.45, 7) is 0.196. The van der Waals surface area contributed by atoms with Crippen LogP contribution in [0.2, 0.25) is 0 Å². The summed E-state index contributed by atoms with van der Waals surface area (Å²) in [4.78, 5) is 18.5. The predicted octanol–water partition coefficient (Wildman–Crippen LogP) is -0.819. The number of aromatic nitrogens is 1. The van der Waals surface area contributed by atoms with E-state index in [0.29, 0.717) is 12.3 Å². The van der Waals surface area contributed by atoms with Crippen molar-refractivity contribution in [3.05, 3.63) is 18.4 Å². The lowest BCUT2D eigenvalue weighted by molar-refractivity contribution is -0.125. The molecule has 0 saturated carbocycles. The molecule has 0 unspecified atom stereocenters. The summed E-state index contributed by atoms with van der Waals surface area (Å²) in [5, 5.41) is 0. The van der Waals surface area contributed by atoms with Gasteiger partial charge in [0, 0.05) is 0 Å². The first-order valence-corrected chi connectivity index (χ1v) is 3.29. The molecule has 6 heteroatoms. The highest BCUT2D eigenvalue weighted by Gasteiger charge is 1.96. The van der Waals surface area contributed by atoms with E-state index in [1.54, 1.807) is 6.20 Å². The molecule has 0 saturated heterocycles. The van der Waals surface area contributed by atoms with Gasteiger partial charge in [0.05, 0.1) is 12.7 Å². The smallest absolute Gasteiger partial charge is 0.245 e. The number of nitrogens with two attached hydrogens (primary N) is 1. The lowest BCUT2D eigenvalue weighted by Crippen LogP contribution is -2.24. The van der Waals surface area contributed by atoms with E-state index >= 15 is 0 Å². The Kier molecular flexibility index (Phi) is 3.24. The Morgan fingerprint density at radius 2 is 2.67 bits per heavy atom. The molecule has 66 valence electrons. The number of nitrogens with one attached hydrogen (secondary N) is 1. The molecule has 1 rings (SSSR count). The van der Waals surface area contributed by atoms with E-state index in [1.165, 1.54) is 6.39 Å². The van der Waals surface area contributed by atoms with E-state index in [9.17, 15) is 4.79 Å². The van der Waals surface area contributed by atoms with Gasteiger partial charge < -0.3 is 10.2 Å². The van der Waals surface area contributed by atoms with E-state index in [-0.39, 0.29) is 6.61 Å². The Labute approximate surface area is 68.7 Å². The monoisotopic (exact) mass is 171 g/mol. The van der Waals surface area contributed by atoms with Crippen LogP contribution in [-0.4, -0.2) is 17.5 Å². The Morgan fingerprint density at radius 3 is 3.25 bits per heavy atom. The maximum atomic E-state index is 10.2. The van der Waals surface area contributed by atoms with Gasteiger partial charge in [-0.3, -0.25) is 9.63 Å². The number of carbonyl (C=O) groups excluding carboxylic acids is 1. The first-order chi connectivity index (χ1) is 5.79. The maximum absolute atomic E-state index is 10.2. The topological polar surface area (TPSA) is 90.4 Å². The van der Waals surface area contributed by atoms with Gasteiger partial charge in [-0.05, 0) is 0 Å². The minimum atomic E-state index is -0.528. The Hall–Kier alpha value is -1.40. The summed E-state index contributed by atoms with van der Waals surface area (Å²) >= 11 is 0. The molecule has 0 aliphatic carbocycles. The van der Waals surface area contributed by atoms with Crippen LogP contribution in [0.4, 0.5) is 0 Å². The zero-order valence-electron chi connectivity index (χ0n) is 6.32. The van der Waals surface area contributed by atoms with E-state index in [4.69, 9.17) is 10.2 Å². The number of hydrogen-bond acceptors (Lipinski definition) is 5. The van der Waals surface area contributed by atoms with Crippen molar-refractivity contribution < 1.29 is 14.0 Å². The zero-order chi connectivity index (χ0) is 8.81. The summed E-state index contributed by atoms with van der Waals surface area (Å²) in [7, 11) is 0. The molecule has 0 aromatic carbocycles. The average molecular weight is 171 g/mol. The Morgan fingerprint density at radius 1 is 1.83 bits per heavy atom. The van der Waals surface area contributed by atoms with Crippen molar-refractivity contribution >= 4 is 5.91 Å². The number of oxazole rings is 1. The van der Waals surface area contributed by atoms with Crippen LogP contribution in [0.1, 0.15) is 5.76 Å². The van der Waals surface area contributed by atoms with Crippen LogP contribution in [0, 0.1) is 0 Å². The Bertz CT molecular complexity index is 234. The minimum absolute atomic E-state index is 0.159. The number of hydroxylamine groups is 1. The number of amides is 1. The molecular formula is C6H9N3O3. The molecule has 0 aliphatic heterocycles. The summed E-state index contributed by atoms with van der Waals surface area (Å²) in [5.74, 6) is 0.0968. The fourth-order valence-corrected chi connectivity index (χ4v) is 0.574. The second kappa shape index (κ2) is 4.47. The van der Waals surface area contributed by atoms with Gasteiger partial charge >= 0.3 is 0 Å². The van der Waals surface area contributed by atoms with Crippen molar-refractivity contribution in [2.45, 2.75) is 6.54 Å². The van der Waals surface area contributed by atoms with Crippen molar-refractivity contribution in [3.8, 4) is 0 Å². The third-order valence-electron chi connectivity index (χ3n) is 1.05. The molecule has 1 amide bonds. The van der Waals surface area contributed by atoms with Crippen LogP contribution in [-0.2, 0) is 16.2 Å². The largest absolute Gasteiger partial charge is 0.447 e. The van der Waals surface area contributed by atoms with Crippen LogP contribution in [0.3, 0.4) is 0 Å². The normalized spacial score (nSPS) is 10.0. The fourth-order valence-electron chi connectivity index (χ4n) is 0.574. The van der Waals surface area contributed by atoms with E-state index < -0.39 is 5.91 Å². The lowest BCUT2D eigenvalue weighted by Gasteiger charge is -1.99. The second-order valence-corrected chi connectivity index (χ2v) is 2.04. The van der Waals surface area contributed by atoms with Crippen LogP contribution < -0.4 is 11.2 Å². The van der Waals surface area contributed by atoms with E-state index in [2.05, 4.69) is 15.3 Å². The number of carbonyl (C=O) groups is 1. The number of hydrogen-bond donors (Lipinski definition) is 2. The Balaban J connectivity index is 2.07. The van der Waals surface area contributed by atoms with Gasteiger partial charge in [-0.25, -0.2) is 4.98 Å². The van der Waals surface area contributed by atoms with Crippen LogP contribution >= 0.6 is 0 Å². The molecule has 1 aromatic rings. The molecule has 0 atom stereocenters. The van der Waals surface area contributed by atoms with Gasteiger partial charge in [0.25, 0.3) is 0 Å². The van der Waals surface area contributed by atoms with Gasteiger partial charge in [-0.15, -0.1) is 0 Å². The van der Waals surface area contributed by atoms with E-state index in [0.717, 1.165) is 0 Å². The van der Waals surface area contributed by atoms with Crippen molar-refractivity contribution in [2.75, 3.05) is 6.61 Å². The van der Waals surface area contributed by atoms with Crippen molar-refractivity contribution in [2.24, 2.45) is 5.73 Å². The van der Waals surface area contributed by atoms with Crippen LogP contribution in [0.25, 0.3) is 0 Å². The summed E-state index contributed by atoms with van der Waals surface area (Å²) in [5.41, 5.74) is 7.30. The molecule has 12 heavy (non-hydrogen) atoms. The molecule has 0 spiro atoms. The van der Waals surface area contributed by atoms with Crippen molar-refractivity contribution in [1.29, 1.82) is 0 Å². The molecule has 0 fully saturated rings. The standard InChI is InChI=1S/C6H9N3O3/c7-6(10)3-12-9-2-5-1-8-4-11-5/h1,4,9H,2-3H2,(H2,7,10). The SMILES string of the molecule is NC(=O)CONCc1cnco1. The van der Waals surface area contributed by atoms with Gasteiger partial charge in [-0.2, -0.15) is 5.48 Å². The second-order valence-electron chi connectivity index (χ2n) is 2.04. The zero-order valence-corrected chi connectivity index (χ0v) is 6.32. The highest BCUT2D eigenvalue weighted by Crippen LogP contribution is 1.94. The van der Waals surface area contributed by atoms with Gasteiger partial charge in [0.1, 0.15) is 12.4 Å². The summed E-state index contributed by atoms with van der Waals surface area (Å²) in [6, 6.07) is 0. The van der Waals surface area contributed by atoms with Crippen molar-refractivity contribution in [3.63, 3.8) is 0 Å². The van der Waals surface area contributed by atoms with Crippen LogP contribution in [0.15, 0.2) is 17.0 Å². The number of rotatable bonds is 5. The summed E-state index contributed by atoms with van der Waals surface area (Å²) in [6.07, 6.45) is 2.85. The quantitative estimate of drug-likeness (QED) is 0.446. The predicted molar refractivity (Wildman–Crippen MR) is 38.5 cm³/mol. The van der Waals surface area contributed by atoms with E-state index in [1.807, 2.05) is 0 Å².